The zero-order valence-corrected chi connectivity index (χ0v) is 6.53. The van der Waals surface area contributed by atoms with Crippen LogP contribution in [0.15, 0.2) is 6.33 Å². The van der Waals surface area contributed by atoms with Crippen LogP contribution >= 0.6 is 0 Å². The van der Waals surface area contributed by atoms with E-state index in [4.69, 9.17) is 5.90 Å². The van der Waals surface area contributed by atoms with Crippen LogP contribution in [0.1, 0.15) is 12.7 Å². The topological polar surface area (TPSA) is 66.0 Å². The maximum absolute atomic E-state index is 4.88. The van der Waals surface area contributed by atoms with Gasteiger partial charge in [0.1, 0.15) is 12.2 Å². The van der Waals surface area contributed by atoms with Gasteiger partial charge in [-0.25, -0.2) is 10.9 Å². The highest BCUT2D eigenvalue weighted by molar-refractivity contribution is 4.83. The van der Waals surface area contributed by atoms with Gasteiger partial charge in [0.15, 0.2) is 0 Å². The van der Waals surface area contributed by atoms with Gasteiger partial charge in [0.2, 0.25) is 0 Å². The molecule has 0 aliphatic carbocycles. The molecule has 11 heavy (non-hydrogen) atoms. The summed E-state index contributed by atoms with van der Waals surface area (Å²) in [6, 6.07) is 0. The van der Waals surface area contributed by atoms with Crippen molar-refractivity contribution in [3.05, 3.63) is 12.2 Å². The van der Waals surface area contributed by atoms with Crippen molar-refractivity contribution in [2.75, 3.05) is 6.61 Å². The maximum atomic E-state index is 4.88. The molecule has 5 heteroatoms. The standard InChI is InChI=1S/C6H12N4O/c1-2-10-6(3-4-11-7)8-5-9-10/h5H,2-4,7H2,1H3. The highest BCUT2D eigenvalue weighted by Gasteiger charge is 2.00. The van der Waals surface area contributed by atoms with Crippen LogP contribution in [0.2, 0.25) is 0 Å². The Labute approximate surface area is 65.1 Å². The van der Waals surface area contributed by atoms with E-state index in [1.165, 1.54) is 6.33 Å². The van der Waals surface area contributed by atoms with E-state index in [1.807, 2.05) is 11.6 Å². The smallest absolute Gasteiger partial charge is 0.138 e. The fourth-order valence-corrected chi connectivity index (χ4v) is 0.896. The van der Waals surface area contributed by atoms with E-state index < -0.39 is 0 Å². The molecule has 0 unspecified atom stereocenters. The highest BCUT2D eigenvalue weighted by atomic mass is 16.6. The van der Waals surface area contributed by atoms with Gasteiger partial charge < -0.3 is 4.84 Å². The zero-order valence-electron chi connectivity index (χ0n) is 6.53. The Morgan fingerprint density at radius 3 is 3.18 bits per heavy atom. The van der Waals surface area contributed by atoms with Crippen LogP contribution in [0.4, 0.5) is 0 Å². The summed E-state index contributed by atoms with van der Waals surface area (Å²) in [5, 5.41) is 4.00. The molecule has 1 rings (SSSR count). The summed E-state index contributed by atoms with van der Waals surface area (Å²) in [6.45, 7) is 3.33. The van der Waals surface area contributed by atoms with Crippen LogP contribution in [0.5, 0.6) is 0 Å². The van der Waals surface area contributed by atoms with Crippen molar-refractivity contribution in [1.29, 1.82) is 0 Å². The fraction of sp³-hybridized carbons (Fsp3) is 0.667. The summed E-state index contributed by atoms with van der Waals surface area (Å²) in [4.78, 5) is 8.47. The van der Waals surface area contributed by atoms with E-state index in [2.05, 4.69) is 14.9 Å². The van der Waals surface area contributed by atoms with Crippen molar-refractivity contribution < 1.29 is 4.84 Å². The zero-order chi connectivity index (χ0) is 8.10. The van der Waals surface area contributed by atoms with Crippen LogP contribution < -0.4 is 5.90 Å². The van der Waals surface area contributed by atoms with Gasteiger partial charge in [-0.05, 0) is 6.92 Å². The molecule has 0 fully saturated rings. The van der Waals surface area contributed by atoms with Crippen molar-refractivity contribution in [1.82, 2.24) is 14.8 Å². The van der Waals surface area contributed by atoms with Crippen LogP contribution in [0, 0.1) is 0 Å². The van der Waals surface area contributed by atoms with Crippen molar-refractivity contribution in [2.45, 2.75) is 19.9 Å². The summed E-state index contributed by atoms with van der Waals surface area (Å²) in [5.41, 5.74) is 0. The first-order chi connectivity index (χ1) is 5.38. The summed E-state index contributed by atoms with van der Waals surface area (Å²) < 4.78 is 1.82. The second kappa shape index (κ2) is 4.05. The third-order valence-electron chi connectivity index (χ3n) is 1.44. The van der Waals surface area contributed by atoms with Crippen LogP contribution in [0.25, 0.3) is 0 Å². The molecule has 1 aromatic heterocycles. The lowest BCUT2D eigenvalue weighted by Gasteiger charge is -2.00. The molecule has 0 aliphatic heterocycles. The van der Waals surface area contributed by atoms with Gasteiger partial charge in [0.25, 0.3) is 0 Å². The van der Waals surface area contributed by atoms with Crippen molar-refractivity contribution >= 4 is 0 Å². The monoisotopic (exact) mass is 156 g/mol. The largest absolute Gasteiger partial charge is 0.304 e. The van der Waals surface area contributed by atoms with E-state index in [-0.39, 0.29) is 0 Å². The van der Waals surface area contributed by atoms with E-state index in [0.717, 1.165) is 12.4 Å². The maximum Gasteiger partial charge on any atom is 0.138 e. The first kappa shape index (κ1) is 8.16. The molecule has 62 valence electrons. The quantitative estimate of drug-likeness (QED) is 0.609. The minimum Gasteiger partial charge on any atom is -0.304 e. The Morgan fingerprint density at radius 2 is 2.55 bits per heavy atom. The Hall–Kier alpha value is -0.940. The molecule has 0 aliphatic rings. The van der Waals surface area contributed by atoms with Gasteiger partial charge in [0, 0.05) is 13.0 Å². The Kier molecular flexibility index (Phi) is 3.00. The first-order valence-electron chi connectivity index (χ1n) is 3.56. The molecule has 0 bridgehead atoms. The summed E-state index contributed by atoms with van der Waals surface area (Å²) >= 11 is 0. The van der Waals surface area contributed by atoms with E-state index in [1.54, 1.807) is 0 Å². The molecule has 0 amide bonds. The van der Waals surface area contributed by atoms with E-state index in [9.17, 15) is 0 Å². The van der Waals surface area contributed by atoms with Gasteiger partial charge in [-0.3, -0.25) is 4.68 Å². The molecule has 2 N–H and O–H groups in total. The predicted molar refractivity (Wildman–Crippen MR) is 39.5 cm³/mol. The molecule has 5 nitrogen and oxygen atoms in total. The number of hydrogen-bond donors (Lipinski definition) is 1. The summed E-state index contributed by atoms with van der Waals surface area (Å²) in [6.07, 6.45) is 2.25. The molecule has 0 saturated heterocycles. The van der Waals surface area contributed by atoms with Crippen LogP contribution in [0.3, 0.4) is 0 Å². The predicted octanol–water partition coefficient (Wildman–Crippen LogP) is -0.269. The molecule has 0 radical (unpaired) electrons. The van der Waals surface area contributed by atoms with Gasteiger partial charge >= 0.3 is 0 Å². The fourth-order valence-electron chi connectivity index (χ4n) is 0.896. The molecule has 0 spiro atoms. The Bertz CT molecular complexity index is 210. The third-order valence-corrected chi connectivity index (χ3v) is 1.44. The number of rotatable bonds is 4. The van der Waals surface area contributed by atoms with Crippen molar-refractivity contribution in [3.63, 3.8) is 0 Å². The molecule has 1 aromatic rings. The highest BCUT2D eigenvalue weighted by Crippen LogP contribution is 1.94. The normalized spacial score (nSPS) is 10.4. The molecule has 1 heterocycles. The third kappa shape index (κ3) is 1.99. The van der Waals surface area contributed by atoms with Crippen molar-refractivity contribution in [2.24, 2.45) is 5.90 Å². The molecular formula is C6H12N4O. The molecule has 0 aromatic carbocycles. The van der Waals surface area contributed by atoms with Gasteiger partial charge in [-0.2, -0.15) is 5.10 Å². The average molecular weight is 156 g/mol. The second-order valence-electron chi connectivity index (χ2n) is 2.11. The number of nitrogens with zero attached hydrogens (tertiary/aromatic N) is 3. The first-order valence-corrected chi connectivity index (χ1v) is 3.56. The Morgan fingerprint density at radius 1 is 1.73 bits per heavy atom. The lowest BCUT2D eigenvalue weighted by atomic mass is 10.4. The number of aromatic nitrogens is 3. The van der Waals surface area contributed by atoms with Gasteiger partial charge in [0.05, 0.1) is 6.61 Å². The van der Waals surface area contributed by atoms with Crippen LogP contribution in [-0.2, 0) is 17.8 Å². The number of aryl methyl sites for hydroxylation is 1. The van der Waals surface area contributed by atoms with Gasteiger partial charge in [-0.1, -0.05) is 0 Å². The Balaban J connectivity index is 2.54. The molecular weight excluding hydrogens is 144 g/mol. The lowest BCUT2D eigenvalue weighted by molar-refractivity contribution is 0.139. The van der Waals surface area contributed by atoms with Crippen molar-refractivity contribution in [3.8, 4) is 0 Å². The van der Waals surface area contributed by atoms with E-state index >= 15 is 0 Å². The molecule has 0 saturated carbocycles. The second-order valence-corrected chi connectivity index (χ2v) is 2.11. The SMILES string of the molecule is CCn1ncnc1CCON. The number of nitrogens with two attached hydrogens (primary N) is 1. The molecule has 0 atom stereocenters. The minimum atomic E-state index is 0.485. The number of hydrogen-bond acceptors (Lipinski definition) is 4. The minimum absolute atomic E-state index is 0.485. The van der Waals surface area contributed by atoms with Gasteiger partial charge in [-0.15, -0.1) is 0 Å². The average Bonchev–Trinajstić information content (AvgIpc) is 2.47. The summed E-state index contributed by atoms with van der Waals surface area (Å²) in [5.74, 6) is 5.79. The van der Waals surface area contributed by atoms with E-state index in [0.29, 0.717) is 13.0 Å². The summed E-state index contributed by atoms with van der Waals surface area (Å²) in [7, 11) is 0. The van der Waals surface area contributed by atoms with Crippen LogP contribution in [-0.4, -0.2) is 21.4 Å². The lowest BCUT2D eigenvalue weighted by Crippen LogP contribution is -2.09.